The maximum Gasteiger partial charge on any atom is 0.0619 e. The minimum absolute atomic E-state index is 1.17. The van der Waals surface area contributed by atoms with Gasteiger partial charge in [-0.3, -0.25) is 0 Å². The molecule has 44 heavy (non-hydrogen) atoms. The summed E-state index contributed by atoms with van der Waals surface area (Å²) in [6, 6.07) is 57.9. The molecule has 0 radical (unpaired) electrons. The molecule has 9 aromatic rings. The molecule has 1 heterocycles. The average molecular weight is 560 g/mol. The Morgan fingerprint density at radius 3 is 1.75 bits per heavy atom. The van der Waals surface area contributed by atoms with E-state index < -0.39 is 0 Å². The molecule has 0 bridgehead atoms. The molecule has 0 aliphatic heterocycles. The largest absolute Gasteiger partial charge is 0.309 e. The summed E-state index contributed by atoms with van der Waals surface area (Å²) in [5, 5.41) is 10.2. The number of nitrogens with zero attached hydrogens (tertiary/aromatic N) is 1. The number of rotatable bonds is 3. The van der Waals surface area contributed by atoms with Crippen molar-refractivity contribution in [1.29, 1.82) is 0 Å². The van der Waals surface area contributed by atoms with Crippen molar-refractivity contribution in [1.82, 2.24) is 4.57 Å². The fourth-order valence-corrected chi connectivity index (χ4v) is 7.20. The zero-order valence-corrected chi connectivity index (χ0v) is 24.5. The molecule has 0 saturated heterocycles. The Hall–Kier alpha value is -5.66. The van der Waals surface area contributed by atoms with E-state index in [1.54, 1.807) is 0 Å². The first-order valence-corrected chi connectivity index (χ1v) is 15.3. The third kappa shape index (κ3) is 3.73. The van der Waals surface area contributed by atoms with Gasteiger partial charge in [-0.15, -0.1) is 0 Å². The summed E-state index contributed by atoms with van der Waals surface area (Å²) in [6.07, 6.45) is 0. The van der Waals surface area contributed by atoms with Gasteiger partial charge in [0.25, 0.3) is 0 Å². The molecule has 0 spiro atoms. The lowest BCUT2D eigenvalue weighted by molar-refractivity contribution is 1.19. The van der Waals surface area contributed by atoms with Crippen LogP contribution in [0.4, 0.5) is 0 Å². The molecule has 1 aromatic heterocycles. The predicted octanol–water partition coefficient (Wildman–Crippen LogP) is 11.9. The van der Waals surface area contributed by atoms with Crippen molar-refractivity contribution in [2.24, 2.45) is 0 Å². The third-order valence-corrected chi connectivity index (χ3v) is 9.21. The van der Waals surface area contributed by atoms with Gasteiger partial charge in [-0.25, -0.2) is 0 Å². The highest BCUT2D eigenvalue weighted by atomic mass is 15.0. The quantitative estimate of drug-likeness (QED) is 0.190. The van der Waals surface area contributed by atoms with Crippen LogP contribution in [0.3, 0.4) is 0 Å². The fraction of sp³-hybridized carbons (Fsp3) is 0.0233. The lowest BCUT2D eigenvalue weighted by Gasteiger charge is -2.14. The molecule has 8 aromatic carbocycles. The number of hydrogen-bond acceptors (Lipinski definition) is 0. The molecule has 0 amide bonds. The lowest BCUT2D eigenvalue weighted by Crippen LogP contribution is -1.95. The Morgan fingerprint density at radius 2 is 0.977 bits per heavy atom. The third-order valence-electron chi connectivity index (χ3n) is 9.21. The van der Waals surface area contributed by atoms with Crippen LogP contribution in [-0.4, -0.2) is 4.57 Å². The van der Waals surface area contributed by atoms with Gasteiger partial charge >= 0.3 is 0 Å². The summed E-state index contributed by atoms with van der Waals surface area (Å²) < 4.78 is 2.46. The van der Waals surface area contributed by atoms with Crippen LogP contribution in [0.15, 0.2) is 158 Å². The number of aromatic nitrogens is 1. The zero-order chi connectivity index (χ0) is 29.2. The summed E-state index contributed by atoms with van der Waals surface area (Å²) in [7, 11) is 0. The minimum atomic E-state index is 1.17. The Labute approximate surface area is 256 Å². The van der Waals surface area contributed by atoms with Crippen LogP contribution in [0.25, 0.3) is 82.1 Å². The maximum atomic E-state index is 2.46. The van der Waals surface area contributed by atoms with Gasteiger partial charge < -0.3 is 4.57 Å². The van der Waals surface area contributed by atoms with Crippen molar-refractivity contribution in [3.8, 4) is 27.9 Å². The van der Waals surface area contributed by atoms with Crippen molar-refractivity contribution in [2.45, 2.75) is 6.92 Å². The minimum Gasteiger partial charge on any atom is -0.309 e. The molecule has 0 atom stereocenters. The van der Waals surface area contributed by atoms with Gasteiger partial charge in [0.05, 0.1) is 11.0 Å². The molecule has 0 saturated carbocycles. The molecular formula is C43H29N. The summed E-state index contributed by atoms with van der Waals surface area (Å²) in [5.74, 6) is 0. The van der Waals surface area contributed by atoms with E-state index in [1.165, 1.54) is 87.6 Å². The van der Waals surface area contributed by atoms with Crippen LogP contribution >= 0.6 is 0 Å². The first kappa shape index (κ1) is 24.9. The topological polar surface area (TPSA) is 4.93 Å². The summed E-state index contributed by atoms with van der Waals surface area (Å²) in [5.41, 5.74) is 9.92. The van der Waals surface area contributed by atoms with Crippen molar-refractivity contribution < 1.29 is 0 Å². The fourth-order valence-electron chi connectivity index (χ4n) is 7.20. The number of hydrogen-bond donors (Lipinski definition) is 0. The molecular weight excluding hydrogens is 530 g/mol. The van der Waals surface area contributed by atoms with Crippen molar-refractivity contribution in [2.75, 3.05) is 0 Å². The second-order valence-corrected chi connectivity index (χ2v) is 11.8. The molecule has 0 aliphatic carbocycles. The Bertz CT molecular complexity index is 2530. The Morgan fingerprint density at radius 1 is 0.386 bits per heavy atom. The van der Waals surface area contributed by atoms with Crippen LogP contribution < -0.4 is 0 Å². The van der Waals surface area contributed by atoms with Crippen LogP contribution in [0.2, 0.25) is 0 Å². The van der Waals surface area contributed by atoms with Gasteiger partial charge in [0.15, 0.2) is 0 Å². The summed E-state index contributed by atoms with van der Waals surface area (Å²) >= 11 is 0. The molecule has 0 unspecified atom stereocenters. The van der Waals surface area contributed by atoms with E-state index in [9.17, 15) is 0 Å². The van der Waals surface area contributed by atoms with Crippen molar-refractivity contribution >= 4 is 54.1 Å². The maximum absolute atomic E-state index is 2.46. The molecule has 9 rings (SSSR count). The second-order valence-electron chi connectivity index (χ2n) is 11.8. The highest BCUT2D eigenvalue weighted by Gasteiger charge is 2.18. The average Bonchev–Trinajstić information content (AvgIpc) is 3.41. The first-order valence-electron chi connectivity index (χ1n) is 15.3. The second kappa shape index (κ2) is 9.69. The van der Waals surface area contributed by atoms with E-state index in [1.807, 2.05) is 0 Å². The highest BCUT2D eigenvalue weighted by Crippen LogP contribution is 2.42. The van der Waals surface area contributed by atoms with Crippen molar-refractivity contribution in [3.63, 3.8) is 0 Å². The van der Waals surface area contributed by atoms with Gasteiger partial charge in [-0.05, 0) is 92.5 Å². The van der Waals surface area contributed by atoms with E-state index >= 15 is 0 Å². The highest BCUT2D eigenvalue weighted by molar-refractivity contribution is 6.22. The van der Waals surface area contributed by atoms with Crippen LogP contribution in [-0.2, 0) is 0 Å². The molecule has 206 valence electrons. The number of aryl methyl sites for hydroxylation is 1. The molecule has 0 aliphatic rings. The van der Waals surface area contributed by atoms with Crippen LogP contribution in [0.5, 0.6) is 0 Å². The van der Waals surface area contributed by atoms with E-state index in [-0.39, 0.29) is 0 Å². The summed E-state index contributed by atoms with van der Waals surface area (Å²) in [6.45, 7) is 2.18. The summed E-state index contributed by atoms with van der Waals surface area (Å²) in [4.78, 5) is 0. The van der Waals surface area contributed by atoms with E-state index in [0.29, 0.717) is 0 Å². The normalized spacial score (nSPS) is 11.8. The molecule has 0 fully saturated rings. The van der Waals surface area contributed by atoms with E-state index in [4.69, 9.17) is 0 Å². The van der Waals surface area contributed by atoms with Gasteiger partial charge in [0.2, 0.25) is 0 Å². The molecule has 1 nitrogen and oxygen atoms in total. The standard InChI is InChI=1S/C43H29N/c1-28-19-24-42-40(25-28)41-27-39(29-11-3-2-4-12-29)36-17-9-10-18-37(36)43(41)44(42)32-22-20-30(21-23-32)38-26-31-13-5-6-14-33(31)34-15-7-8-16-35(34)38/h2-27H,1H3. The smallest absolute Gasteiger partial charge is 0.0619 e. The number of benzene rings is 8. The van der Waals surface area contributed by atoms with Gasteiger partial charge in [-0.2, -0.15) is 0 Å². The lowest BCUT2D eigenvalue weighted by atomic mass is 9.93. The van der Waals surface area contributed by atoms with E-state index in [2.05, 4.69) is 169 Å². The first-order chi connectivity index (χ1) is 21.7. The Balaban J connectivity index is 1.31. The monoisotopic (exact) mass is 559 g/mol. The molecule has 0 N–H and O–H groups in total. The number of fused-ring (bicyclic) bond motifs is 8. The Kier molecular flexibility index (Phi) is 5.48. The molecule has 1 heteroatoms. The van der Waals surface area contributed by atoms with Crippen molar-refractivity contribution in [3.05, 3.63) is 163 Å². The predicted molar refractivity (Wildman–Crippen MR) is 189 cm³/mol. The SMILES string of the molecule is Cc1ccc2c(c1)c1cc(-c3ccccc3)c3ccccc3c1n2-c1ccc(-c2cc3ccccc3c3ccccc23)cc1. The van der Waals surface area contributed by atoms with Gasteiger partial charge in [-0.1, -0.05) is 127 Å². The van der Waals surface area contributed by atoms with Crippen LogP contribution in [0.1, 0.15) is 5.56 Å². The van der Waals surface area contributed by atoms with Gasteiger partial charge in [0.1, 0.15) is 0 Å². The van der Waals surface area contributed by atoms with E-state index in [0.717, 1.165) is 0 Å². The zero-order valence-electron chi connectivity index (χ0n) is 24.5. The van der Waals surface area contributed by atoms with Crippen LogP contribution in [0, 0.1) is 6.92 Å². The van der Waals surface area contributed by atoms with Gasteiger partial charge in [0, 0.05) is 21.8 Å².